The molecule has 1 aliphatic heterocycles. The smallest absolute Gasteiger partial charge is 0.319 e. The second kappa shape index (κ2) is 9.04. The van der Waals surface area contributed by atoms with Gasteiger partial charge in [0.15, 0.2) is 0 Å². The van der Waals surface area contributed by atoms with E-state index in [1.165, 1.54) is 25.9 Å². The van der Waals surface area contributed by atoms with Crippen LogP contribution in [-0.2, 0) is 6.54 Å². The summed E-state index contributed by atoms with van der Waals surface area (Å²) in [6, 6.07) is 7.20. The molecule has 6 nitrogen and oxygen atoms in total. The Morgan fingerprint density at radius 1 is 1.15 bits per heavy atom. The van der Waals surface area contributed by atoms with Crippen molar-refractivity contribution < 1.29 is 4.79 Å². The van der Waals surface area contributed by atoms with Crippen LogP contribution in [0.3, 0.4) is 0 Å². The van der Waals surface area contributed by atoms with Gasteiger partial charge in [0, 0.05) is 30.1 Å². The van der Waals surface area contributed by atoms with E-state index in [4.69, 9.17) is 0 Å². The van der Waals surface area contributed by atoms with E-state index in [1.807, 2.05) is 24.3 Å². The fraction of sp³-hybridized carbons (Fsp3) is 0.524. The second-order valence-electron chi connectivity index (χ2n) is 7.72. The van der Waals surface area contributed by atoms with Gasteiger partial charge in [0.2, 0.25) is 0 Å². The summed E-state index contributed by atoms with van der Waals surface area (Å²) >= 11 is 0. The number of urea groups is 1. The number of amides is 2. The van der Waals surface area contributed by atoms with Crippen LogP contribution in [0, 0.1) is 5.92 Å². The molecule has 2 aromatic rings. The number of nitrogens with zero attached hydrogens (tertiary/aromatic N) is 2. The third-order valence-corrected chi connectivity index (χ3v) is 4.94. The van der Waals surface area contributed by atoms with Crippen molar-refractivity contribution >= 4 is 22.5 Å². The standard InChI is InChI=1S/C21H30N4O2/c1-16(2)14-25-15-19(17-8-3-4-9-18(17)20(25)26)23-21(27)22-10-7-13-24-11-5-6-12-24/h3-4,8-9,15-16H,5-7,10-14H2,1-2H3,(H2,22,23,27). The van der Waals surface area contributed by atoms with Crippen LogP contribution in [0.25, 0.3) is 10.8 Å². The van der Waals surface area contributed by atoms with Crippen molar-refractivity contribution in [2.24, 2.45) is 5.92 Å². The molecule has 2 amide bonds. The minimum atomic E-state index is -0.226. The predicted molar refractivity (Wildman–Crippen MR) is 110 cm³/mol. The highest BCUT2D eigenvalue weighted by Crippen LogP contribution is 2.20. The number of benzene rings is 1. The molecule has 0 aliphatic carbocycles. The lowest BCUT2D eigenvalue weighted by Crippen LogP contribution is -2.32. The van der Waals surface area contributed by atoms with Gasteiger partial charge in [-0.1, -0.05) is 32.0 Å². The molecule has 146 valence electrons. The van der Waals surface area contributed by atoms with E-state index in [1.54, 1.807) is 10.8 Å². The Balaban J connectivity index is 1.66. The predicted octanol–water partition coefficient (Wildman–Crippen LogP) is 3.26. The molecular formula is C21H30N4O2. The molecule has 2 heterocycles. The lowest BCUT2D eigenvalue weighted by Gasteiger charge is -2.16. The second-order valence-corrected chi connectivity index (χ2v) is 7.72. The lowest BCUT2D eigenvalue weighted by molar-refractivity contribution is 0.251. The third kappa shape index (κ3) is 5.10. The Bertz CT molecular complexity index is 838. The number of hydrogen-bond acceptors (Lipinski definition) is 3. The molecule has 0 saturated carbocycles. The van der Waals surface area contributed by atoms with Crippen LogP contribution in [0.2, 0.25) is 0 Å². The normalized spacial score (nSPS) is 14.8. The van der Waals surface area contributed by atoms with Gasteiger partial charge in [-0.2, -0.15) is 0 Å². The van der Waals surface area contributed by atoms with Crippen LogP contribution < -0.4 is 16.2 Å². The number of rotatable bonds is 7. The molecule has 6 heteroatoms. The van der Waals surface area contributed by atoms with Gasteiger partial charge < -0.3 is 20.1 Å². The molecule has 1 aromatic heterocycles. The van der Waals surface area contributed by atoms with Crippen LogP contribution in [-0.4, -0.2) is 41.7 Å². The Labute approximate surface area is 160 Å². The molecule has 1 aromatic carbocycles. The molecular weight excluding hydrogens is 340 g/mol. The quantitative estimate of drug-likeness (QED) is 0.735. The topological polar surface area (TPSA) is 66.4 Å². The number of pyridine rings is 1. The zero-order valence-corrected chi connectivity index (χ0v) is 16.3. The molecule has 3 rings (SSSR count). The van der Waals surface area contributed by atoms with Crippen molar-refractivity contribution in [2.75, 3.05) is 31.5 Å². The van der Waals surface area contributed by atoms with Crippen molar-refractivity contribution in [1.82, 2.24) is 14.8 Å². The molecule has 0 spiro atoms. The molecule has 0 bridgehead atoms. The van der Waals surface area contributed by atoms with Gasteiger partial charge in [0.05, 0.1) is 5.69 Å². The van der Waals surface area contributed by atoms with Gasteiger partial charge >= 0.3 is 6.03 Å². The summed E-state index contributed by atoms with van der Waals surface area (Å²) in [6.07, 6.45) is 5.27. The third-order valence-electron chi connectivity index (χ3n) is 4.94. The maximum Gasteiger partial charge on any atom is 0.319 e. The molecule has 1 aliphatic rings. The summed E-state index contributed by atoms with van der Waals surface area (Å²) in [6.45, 7) is 8.79. The zero-order chi connectivity index (χ0) is 19.2. The zero-order valence-electron chi connectivity index (χ0n) is 16.3. The molecule has 1 saturated heterocycles. The fourth-order valence-electron chi connectivity index (χ4n) is 3.65. The summed E-state index contributed by atoms with van der Waals surface area (Å²) in [7, 11) is 0. The Morgan fingerprint density at radius 2 is 1.85 bits per heavy atom. The van der Waals surface area contributed by atoms with E-state index < -0.39 is 0 Å². The van der Waals surface area contributed by atoms with Gasteiger partial charge in [0.25, 0.3) is 5.56 Å². The minimum Gasteiger partial charge on any atom is -0.338 e. The van der Waals surface area contributed by atoms with Crippen molar-refractivity contribution in [3.05, 3.63) is 40.8 Å². The number of aromatic nitrogens is 1. The summed E-state index contributed by atoms with van der Waals surface area (Å²) in [5, 5.41) is 7.26. The summed E-state index contributed by atoms with van der Waals surface area (Å²) in [5.74, 6) is 0.344. The van der Waals surface area contributed by atoms with Crippen molar-refractivity contribution in [3.8, 4) is 0 Å². The summed E-state index contributed by atoms with van der Waals surface area (Å²) in [4.78, 5) is 27.5. The van der Waals surface area contributed by atoms with Crippen LogP contribution >= 0.6 is 0 Å². The molecule has 27 heavy (non-hydrogen) atoms. The maximum atomic E-state index is 12.7. The SMILES string of the molecule is CC(C)Cn1cc(NC(=O)NCCCN2CCCC2)c2ccccc2c1=O. The number of anilines is 1. The van der Waals surface area contributed by atoms with Gasteiger partial charge in [-0.25, -0.2) is 4.79 Å². The molecule has 0 unspecified atom stereocenters. The van der Waals surface area contributed by atoms with Crippen LogP contribution in [0.5, 0.6) is 0 Å². The molecule has 0 radical (unpaired) electrons. The largest absolute Gasteiger partial charge is 0.338 e. The van der Waals surface area contributed by atoms with Crippen molar-refractivity contribution in [2.45, 2.75) is 39.7 Å². The number of carbonyl (C=O) groups excluding carboxylic acids is 1. The number of nitrogens with one attached hydrogen (secondary N) is 2. The lowest BCUT2D eigenvalue weighted by atomic mass is 10.1. The van der Waals surface area contributed by atoms with E-state index in [0.29, 0.717) is 30.1 Å². The first kappa shape index (κ1) is 19.4. The van der Waals surface area contributed by atoms with E-state index in [0.717, 1.165) is 18.4 Å². The molecule has 0 atom stereocenters. The maximum absolute atomic E-state index is 12.7. The van der Waals surface area contributed by atoms with Crippen molar-refractivity contribution in [1.29, 1.82) is 0 Å². The Morgan fingerprint density at radius 3 is 2.56 bits per heavy atom. The fourth-order valence-corrected chi connectivity index (χ4v) is 3.65. The molecule has 1 fully saturated rings. The van der Waals surface area contributed by atoms with Crippen LogP contribution in [0.4, 0.5) is 10.5 Å². The highest BCUT2D eigenvalue weighted by molar-refractivity contribution is 6.00. The first-order chi connectivity index (χ1) is 13.0. The monoisotopic (exact) mass is 370 g/mol. The highest BCUT2D eigenvalue weighted by Gasteiger charge is 2.13. The van der Waals surface area contributed by atoms with E-state index in [9.17, 15) is 9.59 Å². The summed E-state index contributed by atoms with van der Waals surface area (Å²) < 4.78 is 1.69. The first-order valence-electron chi connectivity index (χ1n) is 9.94. The van der Waals surface area contributed by atoms with E-state index in [2.05, 4.69) is 29.4 Å². The average Bonchev–Trinajstić information content (AvgIpc) is 3.16. The number of hydrogen-bond donors (Lipinski definition) is 2. The molecule has 2 N–H and O–H groups in total. The van der Waals surface area contributed by atoms with Crippen LogP contribution in [0.15, 0.2) is 35.3 Å². The van der Waals surface area contributed by atoms with Gasteiger partial charge in [-0.05, 0) is 50.9 Å². The number of likely N-dealkylation sites (tertiary alicyclic amines) is 1. The van der Waals surface area contributed by atoms with Gasteiger partial charge in [-0.3, -0.25) is 4.79 Å². The minimum absolute atomic E-state index is 0.0177. The summed E-state index contributed by atoms with van der Waals surface area (Å²) in [5.41, 5.74) is 0.652. The number of fused-ring (bicyclic) bond motifs is 1. The first-order valence-corrected chi connectivity index (χ1v) is 9.94. The van der Waals surface area contributed by atoms with E-state index in [-0.39, 0.29) is 11.6 Å². The Hall–Kier alpha value is -2.34. The van der Waals surface area contributed by atoms with Crippen LogP contribution in [0.1, 0.15) is 33.1 Å². The van der Waals surface area contributed by atoms with Crippen molar-refractivity contribution in [3.63, 3.8) is 0 Å². The van der Waals surface area contributed by atoms with Gasteiger partial charge in [-0.15, -0.1) is 0 Å². The highest BCUT2D eigenvalue weighted by atomic mass is 16.2. The van der Waals surface area contributed by atoms with E-state index >= 15 is 0 Å². The van der Waals surface area contributed by atoms with Gasteiger partial charge in [0.1, 0.15) is 0 Å². The Kier molecular flexibility index (Phi) is 6.50. The number of carbonyl (C=O) groups is 1. The average molecular weight is 370 g/mol.